The number of fused-ring (bicyclic) bond motifs is 1. The third-order valence-corrected chi connectivity index (χ3v) is 4.31. The SMILES string of the molecule is O=c1cc(CN2CC(N3CCNCC3)C2)nc2nc[nH]n12. The maximum Gasteiger partial charge on any atom is 0.274 e. The minimum Gasteiger partial charge on any atom is -0.314 e. The Hall–Kier alpha value is -1.77. The second-order valence-corrected chi connectivity index (χ2v) is 5.74. The Kier molecular flexibility index (Phi) is 3.21. The van der Waals surface area contributed by atoms with Gasteiger partial charge in [-0.2, -0.15) is 4.52 Å². The van der Waals surface area contributed by atoms with Gasteiger partial charge in [0, 0.05) is 57.9 Å². The van der Waals surface area contributed by atoms with Gasteiger partial charge < -0.3 is 5.32 Å². The Labute approximate surface area is 121 Å². The van der Waals surface area contributed by atoms with Gasteiger partial charge in [0.1, 0.15) is 6.33 Å². The van der Waals surface area contributed by atoms with E-state index in [-0.39, 0.29) is 5.56 Å². The number of nitrogens with zero attached hydrogens (tertiary/aromatic N) is 5. The van der Waals surface area contributed by atoms with Crippen LogP contribution in [0.3, 0.4) is 0 Å². The normalized spacial score (nSPS) is 21.7. The summed E-state index contributed by atoms with van der Waals surface area (Å²) in [6, 6.07) is 2.24. The number of nitrogens with one attached hydrogen (secondary N) is 2. The van der Waals surface area contributed by atoms with E-state index in [1.165, 1.54) is 10.8 Å². The van der Waals surface area contributed by atoms with E-state index in [0.29, 0.717) is 11.8 Å². The van der Waals surface area contributed by atoms with Gasteiger partial charge in [0.05, 0.1) is 5.69 Å². The molecule has 2 fully saturated rings. The summed E-state index contributed by atoms with van der Waals surface area (Å²) >= 11 is 0. The topological polar surface area (TPSA) is 81.6 Å². The molecule has 112 valence electrons. The smallest absolute Gasteiger partial charge is 0.274 e. The van der Waals surface area contributed by atoms with E-state index in [9.17, 15) is 4.79 Å². The fourth-order valence-electron chi connectivity index (χ4n) is 3.13. The number of H-pyrrole nitrogens is 1. The monoisotopic (exact) mass is 289 g/mol. The fraction of sp³-hybridized carbons (Fsp3) is 0.615. The van der Waals surface area contributed by atoms with E-state index in [0.717, 1.165) is 51.5 Å². The van der Waals surface area contributed by atoms with Crippen LogP contribution < -0.4 is 10.9 Å². The van der Waals surface area contributed by atoms with Gasteiger partial charge in [-0.15, -0.1) is 0 Å². The molecule has 0 aromatic carbocycles. The maximum absolute atomic E-state index is 11.9. The predicted octanol–water partition coefficient (Wildman–Crippen LogP) is -1.49. The van der Waals surface area contributed by atoms with Crippen molar-refractivity contribution in [2.45, 2.75) is 12.6 Å². The largest absolute Gasteiger partial charge is 0.314 e. The van der Waals surface area contributed by atoms with Crippen LogP contribution in [0.25, 0.3) is 5.78 Å². The summed E-state index contributed by atoms with van der Waals surface area (Å²) in [5.41, 5.74) is 0.692. The molecular formula is C13H19N7O. The van der Waals surface area contributed by atoms with Gasteiger partial charge in [-0.1, -0.05) is 0 Å². The molecule has 4 rings (SSSR count). The van der Waals surface area contributed by atoms with Gasteiger partial charge in [0.25, 0.3) is 11.3 Å². The van der Waals surface area contributed by atoms with Crippen LogP contribution in [-0.2, 0) is 6.54 Å². The summed E-state index contributed by atoms with van der Waals surface area (Å²) in [7, 11) is 0. The number of hydrogen-bond acceptors (Lipinski definition) is 6. The van der Waals surface area contributed by atoms with Crippen molar-refractivity contribution in [1.29, 1.82) is 0 Å². The number of aromatic nitrogens is 4. The second kappa shape index (κ2) is 5.21. The molecule has 0 amide bonds. The van der Waals surface area contributed by atoms with Gasteiger partial charge in [-0.3, -0.25) is 19.7 Å². The van der Waals surface area contributed by atoms with Gasteiger partial charge in [0.15, 0.2) is 0 Å². The van der Waals surface area contributed by atoms with Crippen LogP contribution in [0.5, 0.6) is 0 Å². The van der Waals surface area contributed by atoms with Crippen molar-refractivity contribution >= 4 is 5.78 Å². The van der Waals surface area contributed by atoms with E-state index >= 15 is 0 Å². The highest BCUT2D eigenvalue weighted by molar-refractivity contribution is 5.26. The number of rotatable bonds is 3. The van der Waals surface area contributed by atoms with Crippen molar-refractivity contribution in [3.8, 4) is 0 Å². The van der Waals surface area contributed by atoms with E-state index in [1.54, 1.807) is 6.07 Å². The number of hydrogen-bond donors (Lipinski definition) is 2. The molecule has 0 bridgehead atoms. The minimum absolute atomic E-state index is 0.105. The van der Waals surface area contributed by atoms with Crippen molar-refractivity contribution < 1.29 is 0 Å². The number of aromatic amines is 1. The zero-order valence-corrected chi connectivity index (χ0v) is 11.8. The molecule has 21 heavy (non-hydrogen) atoms. The van der Waals surface area contributed by atoms with Crippen LogP contribution in [-0.4, -0.2) is 74.7 Å². The molecule has 8 nitrogen and oxygen atoms in total. The van der Waals surface area contributed by atoms with E-state index in [4.69, 9.17) is 0 Å². The van der Waals surface area contributed by atoms with Crippen LogP contribution >= 0.6 is 0 Å². The highest BCUT2D eigenvalue weighted by atomic mass is 16.1. The lowest BCUT2D eigenvalue weighted by Crippen LogP contribution is -2.62. The van der Waals surface area contributed by atoms with Gasteiger partial charge in [0.2, 0.25) is 0 Å². The van der Waals surface area contributed by atoms with Crippen LogP contribution in [0.4, 0.5) is 0 Å². The van der Waals surface area contributed by atoms with E-state index in [2.05, 4.69) is 30.2 Å². The summed E-state index contributed by atoms with van der Waals surface area (Å²) in [6.45, 7) is 7.29. The number of piperazine rings is 1. The van der Waals surface area contributed by atoms with Crippen molar-refractivity contribution in [3.05, 3.63) is 28.4 Å². The lowest BCUT2D eigenvalue weighted by atomic mass is 10.1. The molecule has 2 saturated heterocycles. The summed E-state index contributed by atoms with van der Waals surface area (Å²) in [5, 5.41) is 6.13. The average Bonchev–Trinajstić information content (AvgIpc) is 2.92. The first-order valence-corrected chi connectivity index (χ1v) is 7.39. The molecule has 0 unspecified atom stereocenters. The zero-order valence-electron chi connectivity index (χ0n) is 11.8. The van der Waals surface area contributed by atoms with E-state index in [1.807, 2.05) is 0 Å². The lowest BCUT2D eigenvalue weighted by molar-refractivity contribution is 0.0216. The standard InChI is InChI=1S/C13H19N7O/c21-12-5-10(17-13-15-9-16-20(12)13)6-18-7-11(8-18)19-3-1-14-2-4-19/h5,9,11,14H,1-4,6-8H2,(H,15,16,17). The quantitative estimate of drug-likeness (QED) is 0.716. The second-order valence-electron chi connectivity index (χ2n) is 5.74. The molecule has 2 N–H and O–H groups in total. The Morgan fingerprint density at radius 2 is 2.10 bits per heavy atom. The minimum atomic E-state index is -0.105. The summed E-state index contributed by atoms with van der Waals surface area (Å²) < 4.78 is 1.35. The van der Waals surface area contributed by atoms with Crippen molar-refractivity contribution in [1.82, 2.24) is 34.7 Å². The fourth-order valence-corrected chi connectivity index (χ4v) is 3.13. The highest BCUT2D eigenvalue weighted by Crippen LogP contribution is 2.17. The molecule has 0 radical (unpaired) electrons. The van der Waals surface area contributed by atoms with Crippen molar-refractivity contribution in [2.24, 2.45) is 0 Å². The molecule has 4 heterocycles. The Morgan fingerprint density at radius 1 is 1.29 bits per heavy atom. The maximum atomic E-state index is 11.9. The highest BCUT2D eigenvalue weighted by Gasteiger charge is 2.32. The molecule has 0 saturated carbocycles. The van der Waals surface area contributed by atoms with Crippen LogP contribution in [0.15, 0.2) is 17.2 Å². The Balaban J connectivity index is 1.39. The zero-order chi connectivity index (χ0) is 14.2. The first kappa shape index (κ1) is 12.9. The molecular weight excluding hydrogens is 270 g/mol. The molecule has 2 aliphatic heterocycles. The van der Waals surface area contributed by atoms with Gasteiger partial charge in [-0.05, 0) is 0 Å². The van der Waals surface area contributed by atoms with E-state index < -0.39 is 0 Å². The Morgan fingerprint density at radius 3 is 2.90 bits per heavy atom. The van der Waals surface area contributed by atoms with Crippen LogP contribution in [0.2, 0.25) is 0 Å². The third-order valence-electron chi connectivity index (χ3n) is 4.31. The predicted molar refractivity (Wildman–Crippen MR) is 77.1 cm³/mol. The summed E-state index contributed by atoms with van der Waals surface area (Å²) in [6.07, 6.45) is 1.48. The lowest BCUT2D eigenvalue weighted by Gasteiger charge is -2.46. The molecule has 2 aliphatic rings. The molecule has 2 aromatic rings. The summed E-state index contributed by atoms with van der Waals surface area (Å²) in [4.78, 5) is 25.2. The molecule has 0 atom stereocenters. The first-order valence-electron chi connectivity index (χ1n) is 7.39. The molecule has 0 aliphatic carbocycles. The average molecular weight is 289 g/mol. The molecule has 0 spiro atoms. The first-order chi connectivity index (χ1) is 10.3. The number of likely N-dealkylation sites (tertiary alicyclic amines) is 1. The van der Waals surface area contributed by atoms with Crippen LogP contribution in [0, 0.1) is 0 Å². The third kappa shape index (κ3) is 2.45. The van der Waals surface area contributed by atoms with Crippen molar-refractivity contribution in [2.75, 3.05) is 39.3 Å². The molecule has 2 aromatic heterocycles. The summed E-state index contributed by atoms with van der Waals surface area (Å²) in [5.74, 6) is 0.441. The van der Waals surface area contributed by atoms with Crippen LogP contribution in [0.1, 0.15) is 5.69 Å². The molecule has 8 heteroatoms. The van der Waals surface area contributed by atoms with Crippen molar-refractivity contribution in [3.63, 3.8) is 0 Å². The Bertz CT molecular complexity index is 681. The van der Waals surface area contributed by atoms with Gasteiger partial charge >= 0.3 is 0 Å². The van der Waals surface area contributed by atoms with Gasteiger partial charge in [-0.25, -0.2) is 9.97 Å².